The summed E-state index contributed by atoms with van der Waals surface area (Å²) < 4.78 is 0. The van der Waals surface area contributed by atoms with Crippen LogP contribution in [0.25, 0.3) is 0 Å². The molecule has 0 aromatic heterocycles. The van der Waals surface area contributed by atoms with Crippen molar-refractivity contribution in [3.05, 3.63) is 45.1 Å². The fourth-order valence-electron chi connectivity index (χ4n) is 5.79. The molecule has 172 valence electrons. The number of amides is 1. The van der Waals surface area contributed by atoms with Gasteiger partial charge in [0.15, 0.2) is 17.2 Å². The number of allylic oxidation sites excluding steroid dienone is 2. The number of ketones is 2. The second kappa shape index (κ2) is 7.03. The highest BCUT2D eigenvalue weighted by Crippen LogP contribution is 2.55. The largest absolute Gasteiger partial charge is 0.508 e. The number of carbonyl (C=O) groups is 3. The van der Waals surface area contributed by atoms with Crippen LogP contribution in [0.5, 0.6) is 0 Å². The first-order chi connectivity index (χ1) is 14.8. The molecule has 0 saturated heterocycles. The van der Waals surface area contributed by atoms with Crippen LogP contribution in [0.4, 0.5) is 0 Å². The van der Waals surface area contributed by atoms with Crippen LogP contribution < -0.4 is 11.5 Å². The molecular weight excluding hydrogens is 418 g/mol. The van der Waals surface area contributed by atoms with E-state index in [2.05, 4.69) is 0 Å². The van der Waals surface area contributed by atoms with Crippen LogP contribution in [0.3, 0.4) is 0 Å². The summed E-state index contributed by atoms with van der Waals surface area (Å²) in [6.45, 7) is 1.82. The SMILES string of the molecule is CC1=C2C[C@H]3C[C@H]4[C@H](N(C)C)C(=O)C(C(N)=O)=C(O)[C@@]4(O)C(O)=C3C(O)=C2C(=O)C(N)C1. The molecule has 0 spiro atoms. The van der Waals surface area contributed by atoms with Gasteiger partial charge >= 0.3 is 0 Å². The van der Waals surface area contributed by atoms with E-state index in [9.17, 15) is 34.8 Å². The summed E-state index contributed by atoms with van der Waals surface area (Å²) >= 11 is 0. The van der Waals surface area contributed by atoms with Gasteiger partial charge < -0.3 is 31.9 Å². The highest BCUT2D eigenvalue weighted by atomic mass is 16.4. The predicted octanol–water partition coefficient (Wildman–Crippen LogP) is -0.192. The lowest BCUT2D eigenvalue weighted by atomic mass is 9.58. The lowest BCUT2D eigenvalue weighted by Crippen LogP contribution is -2.62. The molecule has 10 nitrogen and oxygen atoms in total. The van der Waals surface area contributed by atoms with Gasteiger partial charge in [0.05, 0.1) is 17.7 Å². The number of nitrogens with two attached hydrogens (primary N) is 2. The Balaban J connectivity index is 2.03. The molecule has 0 aliphatic heterocycles. The van der Waals surface area contributed by atoms with Crippen molar-refractivity contribution in [2.24, 2.45) is 23.3 Å². The lowest BCUT2D eigenvalue weighted by Gasteiger charge is -2.50. The summed E-state index contributed by atoms with van der Waals surface area (Å²) in [4.78, 5) is 39.2. The Bertz CT molecular complexity index is 1100. The summed E-state index contributed by atoms with van der Waals surface area (Å²) in [6, 6.07) is -1.90. The van der Waals surface area contributed by atoms with E-state index >= 15 is 0 Å². The zero-order valence-electron chi connectivity index (χ0n) is 18.0. The van der Waals surface area contributed by atoms with Gasteiger partial charge in [-0.3, -0.25) is 19.3 Å². The molecule has 8 N–H and O–H groups in total. The van der Waals surface area contributed by atoms with E-state index in [4.69, 9.17) is 11.5 Å². The molecule has 0 fully saturated rings. The third-order valence-electron chi connectivity index (χ3n) is 7.26. The zero-order valence-corrected chi connectivity index (χ0v) is 18.0. The Morgan fingerprint density at radius 2 is 1.72 bits per heavy atom. The number of carbonyl (C=O) groups excluding carboxylic acids is 3. The van der Waals surface area contributed by atoms with Gasteiger partial charge in [-0.05, 0) is 51.8 Å². The fourth-order valence-corrected chi connectivity index (χ4v) is 5.79. The van der Waals surface area contributed by atoms with Gasteiger partial charge in [0, 0.05) is 11.5 Å². The first-order valence-electron chi connectivity index (χ1n) is 10.4. The van der Waals surface area contributed by atoms with E-state index in [0.717, 1.165) is 5.57 Å². The van der Waals surface area contributed by atoms with Crippen molar-refractivity contribution in [3.8, 4) is 0 Å². The van der Waals surface area contributed by atoms with E-state index < -0.39 is 69.8 Å². The number of fused-ring (bicyclic) bond motifs is 3. The van der Waals surface area contributed by atoms with Crippen LogP contribution in [0.15, 0.2) is 45.1 Å². The molecule has 0 aromatic carbocycles. The quantitative estimate of drug-likeness (QED) is 0.313. The minimum Gasteiger partial charge on any atom is -0.508 e. The molecule has 4 aliphatic carbocycles. The Kier molecular flexibility index (Phi) is 4.89. The van der Waals surface area contributed by atoms with Crippen molar-refractivity contribution in [3.63, 3.8) is 0 Å². The van der Waals surface area contributed by atoms with Crippen LogP contribution >= 0.6 is 0 Å². The molecule has 1 amide bonds. The summed E-state index contributed by atoms with van der Waals surface area (Å²) in [5, 5.41) is 44.6. The maximum atomic E-state index is 13.0. The smallest absolute Gasteiger partial charge is 0.255 e. The topological polar surface area (TPSA) is 187 Å². The predicted molar refractivity (Wildman–Crippen MR) is 112 cm³/mol. The molecule has 0 saturated carbocycles. The molecule has 5 atom stereocenters. The van der Waals surface area contributed by atoms with Crippen molar-refractivity contribution in [1.29, 1.82) is 0 Å². The summed E-state index contributed by atoms with van der Waals surface area (Å²) in [5.41, 5.74) is 9.26. The van der Waals surface area contributed by atoms with E-state index in [-0.39, 0.29) is 24.0 Å². The fraction of sp³-hybridized carbons (Fsp3) is 0.500. The highest BCUT2D eigenvalue weighted by Gasteiger charge is 2.62. The van der Waals surface area contributed by atoms with Gasteiger partial charge in [0.2, 0.25) is 0 Å². The molecule has 1 unspecified atom stereocenters. The number of hydrogen-bond donors (Lipinski definition) is 6. The third kappa shape index (κ3) is 2.66. The summed E-state index contributed by atoms with van der Waals surface area (Å²) in [7, 11) is 3.15. The van der Waals surface area contributed by atoms with E-state index in [0.29, 0.717) is 12.0 Å². The van der Waals surface area contributed by atoms with Crippen LogP contribution in [-0.2, 0) is 14.4 Å². The Hall–Kier alpha value is -2.95. The molecule has 10 heteroatoms. The van der Waals surface area contributed by atoms with Crippen molar-refractivity contribution in [2.45, 2.75) is 43.9 Å². The summed E-state index contributed by atoms with van der Waals surface area (Å²) in [5.74, 6) is -6.40. The number of aliphatic hydroxyl groups is 4. The number of aliphatic hydroxyl groups excluding tert-OH is 3. The van der Waals surface area contributed by atoms with E-state index in [1.165, 1.54) is 4.90 Å². The molecule has 0 bridgehead atoms. The maximum absolute atomic E-state index is 13.0. The molecule has 4 rings (SSSR count). The highest BCUT2D eigenvalue weighted by molar-refractivity contribution is 6.22. The Morgan fingerprint density at radius 1 is 1.09 bits per heavy atom. The van der Waals surface area contributed by atoms with Crippen molar-refractivity contribution in [1.82, 2.24) is 4.90 Å². The van der Waals surface area contributed by atoms with Crippen LogP contribution in [0.2, 0.25) is 0 Å². The second-order valence-electron chi connectivity index (χ2n) is 9.29. The lowest BCUT2D eigenvalue weighted by molar-refractivity contribution is -0.136. The number of nitrogens with zero attached hydrogens (tertiary/aromatic N) is 1. The van der Waals surface area contributed by atoms with Gasteiger partial charge in [-0.25, -0.2) is 0 Å². The number of primary amides is 1. The third-order valence-corrected chi connectivity index (χ3v) is 7.26. The first-order valence-corrected chi connectivity index (χ1v) is 10.4. The monoisotopic (exact) mass is 445 g/mol. The number of likely N-dealkylation sites (N-methyl/N-ethyl adjacent to an activating group) is 1. The van der Waals surface area contributed by atoms with Gasteiger partial charge in [-0.2, -0.15) is 0 Å². The molecule has 4 aliphatic rings. The van der Waals surface area contributed by atoms with Crippen molar-refractivity contribution in [2.75, 3.05) is 14.1 Å². The Labute approximate surface area is 184 Å². The minimum atomic E-state index is -2.54. The zero-order chi connectivity index (χ0) is 23.9. The number of rotatable bonds is 2. The molecule has 0 aromatic rings. The normalized spacial score (nSPS) is 35.3. The second-order valence-corrected chi connectivity index (χ2v) is 9.29. The van der Waals surface area contributed by atoms with Crippen LogP contribution in [0.1, 0.15) is 26.2 Å². The maximum Gasteiger partial charge on any atom is 0.255 e. The average molecular weight is 445 g/mol. The molecule has 0 radical (unpaired) electrons. The first kappa shape index (κ1) is 22.3. The van der Waals surface area contributed by atoms with Gasteiger partial charge in [0.1, 0.15) is 22.9 Å². The van der Waals surface area contributed by atoms with E-state index in [1.54, 1.807) is 14.1 Å². The Morgan fingerprint density at radius 3 is 2.28 bits per heavy atom. The van der Waals surface area contributed by atoms with Crippen molar-refractivity contribution < 1.29 is 34.8 Å². The van der Waals surface area contributed by atoms with E-state index in [1.807, 2.05) is 6.92 Å². The standard InChI is InChI=1S/C22H27N3O7/c1-7-4-11(23)16(26)13-9(7)5-8-6-10-15(25(2)3)18(28)14(21(24)31)20(30)22(10,32)19(29)12(8)17(13)27/h8,10-11,15,27,29-30,32H,4-6,23H2,1-3H3,(H2,24,31)/t8-,10-,11?,15-,22-/m0/s1. The van der Waals surface area contributed by atoms with Crippen molar-refractivity contribution >= 4 is 17.5 Å². The molecule has 32 heavy (non-hydrogen) atoms. The molecular formula is C22H27N3O7. The summed E-state index contributed by atoms with van der Waals surface area (Å²) in [6.07, 6.45) is 0.729. The minimum absolute atomic E-state index is 0.00394. The van der Waals surface area contributed by atoms with Gasteiger partial charge in [-0.1, -0.05) is 5.57 Å². The van der Waals surface area contributed by atoms with Gasteiger partial charge in [-0.15, -0.1) is 0 Å². The average Bonchev–Trinajstić information content (AvgIpc) is 2.68. The number of hydrogen-bond acceptors (Lipinski definition) is 9. The van der Waals surface area contributed by atoms with Crippen LogP contribution in [0, 0.1) is 11.8 Å². The molecule has 0 heterocycles. The van der Waals surface area contributed by atoms with Gasteiger partial charge in [0.25, 0.3) is 5.91 Å². The number of Topliss-reactive ketones (excluding diaryl/α,β-unsaturated/α-hetero) is 2. The van der Waals surface area contributed by atoms with Crippen LogP contribution in [-0.4, -0.2) is 74.6 Å².